The van der Waals surface area contributed by atoms with Crippen LogP contribution in [0.3, 0.4) is 0 Å². The van der Waals surface area contributed by atoms with Gasteiger partial charge in [-0.25, -0.2) is 15.0 Å². The number of rotatable bonds is 9. The fourth-order valence-corrected chi connectivity index (χ4v) is 2.93. The van der Waals surface area contributed by atoms with Crippen LogP contribution in [0.4, 0.5) is 5.82 Å². The van der Waals surface area contributed by atoms with Crippen LogP contribution in [0.25, 0.3) is 11.2 Å². The first-order valence-corrected chi connectivity index (χ1v) is 8.42. The standard InChI is InChI=1S/C16H27N5O4/c1-5-20(6-2)14-11-15(18-8-17-14)21(9-19-11)16(24)12(23)13(25-4)10(3)7-22/h8-10,12-13,16,22-24H,5-7H2,1-4H3. The number of aliphatic hydroxyl groups excluding tert-OH is 3. The molecule has 0 spiro atoms. The number of anilines is 1. The molecule has 140 valence electrons. The molecule has 0 amide bonds. The zero-order valence-corrected chi connectivity index (χ0v) is 15.1. The number of aromatic nitrogens is 4. The number of fused-ring (bicyclic) bond motifs is 1. The molecule has 2 aromatic heterocycles. The Morgan fingerprint density at radius 1 is 1.20 bits per heavy atom. The van der Waals surface area contributed by atoms with Crippen molar-refractivity contribution < 1.29 is 20.1 Å². The van der Waals surface area contributed by atoms with Crippen LogP contribution in [0.2, 0.25) is 0 Å². The number of nitrogens with zero attached hydrogens (tertiary/aromatic N) is 5. The van der Waals surface area contributed by atoms with E-state index in [-0.39, 0.29) is 12.5 Å². The summed E-state index contributed by atoms with van der Waals surface area (Å²) in [6, 6.07) is 0. The molecule has 3 N–H and O–H groups in total. The van der Waals surface area contributed by atoms with Crippen molar-refractivity contribution in [2.24, 2.45) is 5.92 Å². The van der Waals surface area contributed by atoms with E-state index in [0.717, 1.165) is 13.1 Å². The van der Waals surface area contributed by atoms with E-state index in [4.69, 9.17) is 4.74 Å². The first-order chi connectivity index (χ1) is 12.0. The summed E-state index contributed by atoms with van der Waals surface area (Å²) in [4.78, 5) is 14.9. The lowest BCUT2D eigenvalue weighted by molar-refractivity contribution is -0.124. The summed E-state index contributed by atoms with van der Waals surface area (Å²) in [5, 5.41) is 30.4. The lowest BCUT2D eigenvalue weighted by Gasteiger charge is -2.29. The molecule has 2 heterocycles. The smallest absolute Gasteiger partial charge is 0.167 e. The van der Waals surface area contributed by atoms with Gasteiger partial charge in [-0.3, -0.25) is 4.57 Å². The highest BCUT2D eigenvalue weighted by Gasteiger charge is 2.32. The van der Waals surface area contributed by atoms with Crippen LogP contribution in [-0.2, 0) is 4.74 Å². The first-order valence-electron chi connectivity index (χ1n) is 8.42. The predicted molar refractivity (Wildman–Crippen MR) is 93.2 cm³/mol. The summed E-state index contributed by atoms with van der Waals surface area (Å²) in [7, 11) is 1.43. The Morgan fingerprint density at radius 2 is 1.88 bits per heavy atom. The van der Waals surface area contributed by atoms with E-state index < -0.39 is 18.4 Å². The number of hydrogen-bond acceptors (Lipinski definition) is 8. The van der Waals surface area contributed by atoms with Gasteiger partial charge in [-0.2, -0.15) is 0 Å². The van der Waals surface area contributed by atoms with Crippen LogP contribution < -0.4 is 4.90 Å². The van der Waals surface area contributed by atoms with Gasteiger partial charge in [0.15, 0.2) is 23.2 Å². The van der Waals surface area contributed by atoms with Gasteiger partial charge < -0.3 is 25.0 Å². The summed E-state index contributed by atoms with van der Waals surface area (Å²) < 4.78 is 6.64. The van der Waals surface area contributed by atoms with Gasteiger partial charge in [0.2, 0.25) is 0 Å². The van der Waals surface area contributed by atoms with E-state index in [1.54, 1.807) is 6.92 Å². The van der Waals surface area contributed by atoms with Gasteiger partial charge in [0.25, 0.3) is 0 Å². The van der Waals surface area contributed by atoms with E-state index >= 15 is 0 Å². The minimum absolute atomic E-state index is 0.165. The second-order valence-corrected chi connectivity index (χ2v) is 5.96. The highest BCUT2D eigenvalue weighted by atomic mass is 16.5. The molecule has 4 unspecified atom stereocenters. The lowest BCUT2D eigenvalue weighted by atomic mass is 9.99. The van der Waals surface area contributed by atoms with Crippen LogP contribution >= 0.6 is 0 Å². The lowest BCUT2D eigenvalue weighted by Crippen LogP contribution is -2.41. The third-order valence-electron chi connectivity index (χ3n) is 4.45. The molecule has 0 aliphatic carbocycles. The van der Waals surface area contributed by atoms with Crippen molar-refractivity contribution in [3.05, 3.63) is 12.7 Å². The Hall–Kier alpha value is -1.81. The largest absolute Gasteiger partial charge is 0.396 e. The molecule has 4 atom stereocenters. The Kier molecular flexibility index (Phi) is 6.65. The molecule has 0 bridgehead atoms. The molecule has 0 radical (unpaired) electrons. The fraction of sp³-hybridized carbons (Fsp3) is 0.688. The van der Waals surface area contributed by atoms with Crippen molar-refractivity contribution in [2.45, 2.75) is 39.2 Å². The number of hydrogen-bond donors (Lipinski definition) is 3. The van der Waals surface area contributed by atoms with Crippen LogP contribution in [0.1, 0.15) is 27.0 Å². The van der Waals surface area contributed by atoms with E-state index in [1.807, 2.05) is 18.7 Å². The van der Waals surface area contributed by atoms with Crippen LogP contribution in [0.15, 0.2) is 12.7 Å². The molecule has 2 aromatic rings. The Balaban J connectivity index is 2.39. The van der Waals surface area contributed by atoms with Crippen molar-refractivity contribution in [1.82, 2.24) is 19.5 Å². The number of methoxy groups -OCH3 is 1. The summed E-state index contributed by atoms with van der Waals surface area (Å²) in [6.45, 7) is 7.14. The topological polar surface area (TPSA) is 117 Å². The van der Waals surface area contributed by atoms with Crippen LogP contribution in [0.5, 0.6) is 0 Å². The average Bonchev–Trinajstić information content (AvgIpc) is 3.07. The van der Waals surface area contributed by atoms with Crippen LogP contribution in [0, 0.1) is 5.92 Å². The molecular formula is C16H27N5O4. The summed E-state index contributed by atoms with van der Waals surface area (Å²) >= 11 is 0. The molecule has 0 saturated carbocycles. The maximum Gasteiger partial charge on any atom is 0.167 e. The SMILES string of the molecule is CCN(CC)c1ncnc2c1ncn2C(O)C(O)C(OC)C(C)CO. The van der Waals surface area contributed by atoms with Crippen molar-refractivity contribution in [1.29, 1.82) is 0 Å². The van der Waals surface area contributed by atoms with E-state index in [9.17, 15) is 15.3 Å². The Bertz CT molecular complexity index is 676. The monoisotopic (exact) mass is 353 g/mol. The second kappa shape index (κ2) is 8.52. The van der Waals surface area contributed by atoms with E-state index in [0.29, 0.717) is 17.0 Å². The second-order valence-electron chi connectivity index (χ2n) is 5.96. The van der Waals surface area contributed by atoms with E-state index in [2.05, 4.69) is 15.0 Å². The van der Waals surface area contributed by atoms with Gasteiger partial charge in [-0.05, 0) is 13.8 Å². The molecule has 25 heavy (non-hydrogen) atoms. The molecule has 0 aliphatic heterocycles. The summed E-state index contributed by atoms with van der Waals surface area (Å²) in [6.07, 6.45) is -0.463. The van der Waals surface area contributed by atoms with Gasteiger partial charge in [0.05, 0.1) is 12.4 Å². The molecule has 2 rings (SSSR count). The molecule has 9 heteroatoms. The van der Waals surface area contributed by atoms with Crippen molar-refractivity contribution in [3.8, 4) is 0 Å². The maximum absolute atomic E-state index is 10.6. The summed E-state index contributed by atoms with van der Waals surface area (Å²) in [5.74, 6) is 0.341. The number of aliphatic hydroxyl groups is 3. The van der Waals surface area contributed by atoms with Crippen molar-refractivity contribution in [2.75, 3.05) is 31.7 Å². The van der Waals surface area contributed by atoms with Crippen molar-refractivity contribution in [3.63, 3.8) is 0 Å². The zero-order chi connectivity index (χ0) is 18.6. The highest BCUT2D eigenvalue weighted by Crippen LogP contribution is 2.26. The van der Waals surface area contributed by atoms with Gasteiger partial charge in [-0.15, -0.1) is 0 Å². The van der Waals surface area contributed by atoms with Gasteiger partial charge >= 0.3 is 0 Å². The molecule has 0 saturated heterocycles. The average molecular weight is 353 g/mol. The third-order valence-corrected chi connectivity index (χ3v) is 4.45. The molecule has 0 aliphatic rings. The van der Waals surface area contributed by atoms with Crippen LogP contribution in [-0.4, -0.2) is 73.9 Å². The highest BCUT2D eigenvalue weighted by molar-refractivity contribution is 5.83. The van der Waals surface area contributed by atoms with Gasteiger partial charge in [-0.1, -0.05) is 6.92 Å². The predicted octanol–water partition coefficient (Wildman–Crippen LogP) is 0.168. The first kappa shape index (κ1) is 19.5. The molecular weight excluding hydrogens is 326 g/mol. The molecule has 0 fully saturated rings. The van der Waals surface area contributed by atoms with E-state index in [1.165, 1.54) is 24.3 Å². The zero-order valence-electron chi connectivity index (χ0n) is 15.1. The maximum atomic E-state index is 10.6. The van der Waals surface area contributed by atoms with Gasteiger partial charge in [0.1, 0.15) is 12.4 Å². The normalized spacial score (nSPS) is 16.6. The van der Waals surface area contributed by atoms with Crippen molar-refractivity contribution >= 4 is 17.0 Å². The minimum Gasteiger partial charge on any atom is -0.396 e. The molecule has 0 aromatic carbocycles. The quantitative estimate of drug-likeness (QED) is 0.584. The fourth-order valence-electron chi connectivity index (χ4n) is 2.93. The third kappa shape index (κ3) is 3.74. The minimum atomic E-state index is -1.32. The Morgan fingerprint density at radius 3 is 2.44 bits per heavy atom. The van der Waals surface area contributed by atoms with Gasteiger partial charge in [0, 0.05) is 32.7 Å². The number of imidazole rings is 1. The summed E-state index contributed by atoms with van der Waals surface area (Å²) in [5.41, 5.74) is 0.983. The number of ether oxygens (including phenoxy) is 1. The Labute approximate surface area is 146 Å². The molecule has 9 nitrogen and oxygen atoms in total.